The number of rotatable bonds is 5. The molecule has 3 aliphatic heterocycles. The Kier molecular flexibility index (Phi) is 5.40. The van der Waals surface area contributed by atoms with E-state index >= 15 is 0 Å². The Balaban J connectivity index is 1.13. The first-order chi connectivity index (χ1) is 17.8. The summed E-state index contributed by atoms with van der Waals surface area (Å²) < 4.78 is 1.52. The van der Waals surface area contributed by atoms with E-state index in [2.05, 4.69) is 34.7 Å². The molecule has 3 aliphatic rings. The highest BCUT2D eigenvalue weighted by molar-refractivity contribution is 6.05. The zero-order valence-electron chi connectivity index (χ0n) is 20.4. The Morgan fingerprint density at radius 2 is 1.89 bits per heavy atom. The second-order valence-corrected chi connectivity index (χ2v) is 10.4. The van der Waals surface area contributed by atoms with Crippen molar-refractivity contribution in [3.8, 4) is 5.69 Å². The van der Waals surface area contributed by atoms with Crippen LogP contribution < -0.4 is 5.32 Å². The van der Waals surface area contributed by atoms with Gasteiger partial charge in [0.15, 0.2) is 5.69 Å². The van der Waals surface area contributed by atoms with Gasteiger partial charge in [-0.15, -0.1) is 5.10 Å². The maximum Gasteiger partial charge on any atom is 0.276 e. The SMILES string of the molecule is CC1(Cc2ccccc2)CN(C(=O)c2cn(-c3ccc4c(c3)CN(C3CCC(=O)NC3=O)C4=O)nn2)C1. The van der Waals surface area contributed by atoms with Crippen LogP contribution in [-0.4, -0.2) is 67.6 Å². The highest BCUT2D eigenvalue weighted by Crippen LogP contribution is 2.34. The van der Waals surface area contributed by atoms with E-state index in [1.165, 1.54) is 15.1 Å². The molecule has 4 amide bonds. The largest absolute Gasteiger partial charge is 0.336 e. The van der Waals surface area contributed by atoms with Gasteiger partial charge < -0.3 is 9.80 Å². The van der Waals surface area contributed by atoms with Crippen LogP contribution in [0.25, 0.3) is 5.69 Å². The number of likely N-dealkylation sites (tertiary alicyclic amines) is 1. The third-order valence-electron chi connectivity index (χ3n) is 7.39. The Morgan fingerprint density at radius 1 is 1.11 bits per heavy atom. The van der Waals surface area contributed by atoms with Gasteiger partial charge in [-0.1, -0.05) is 42.5 Å². The molecular weight excluding hydrogens is 472 g/mol. The zero-order valence-corrected chi connectivity index (χ0v) is 20.4. The summed E-state index contributed by atoms with van der Waals surface area (Å²) in [5.74, 6) is -1.15. The Labute approximate surface area is 213 Å². The Morgan fingerprint density at radius 3 is 2.65 bits per heavy atom. The van der Waals surface area contributed by atoms with Crippen molar-refractivity contribution in [2.45, 2.75) is 38.8 Å². The predicted octanol–water partition coefficient (Wildman–Crippen LogP) is 1.73. The van der Waals surface area contributed by atoms with E-state index in [4.69, 9.17) is 0 Å². The van der Waals surface area contributed by atoms with Crippen molar-refractivity contribution in [3.05, 3.63) is 77.1 Å². The molecule has 0 aliphatic carbocycles. The number of benzene rings is 2. The molecule has 37 heavy (non-hydrogen) atoms. The van der Waals surface area contributed by atoms with Crippen molar-refractivity contribution >= 4 is 23.6 Å². The highest BCUT2D eigenvalue weighted by atomic mass is 16.2. The number of nitrogens with zero attached hydrogens (tertiary/aromatic N) is 5. The minimum Gasteiger partial charge on any atom is -0.336 e. The summed E-state index contributed by atoms with van der Waals surface area (Å²) >= 11 is 0. The fourth-order valence-corrected chi connectivity index (χ4v) is 5.57. The standard InChI is InChI=1S/C27H26N6O4/c1-27(12-17-5-3-2-4-6-17)15-31(16-27)26(37)21-14-33(30-29-21)19-7-8-20-18(11-19)13-32(25(20)36)22-9-10-23(34)28-24(22)35/h2-8,11,14,22H,9-10,12-13,15-16H2,1H3,(H,28,34,35). The molecule has 1 N–H and O–H groups in total. The monoisotopic (exact) mass is 498 g/mol. The third kappa shape index (κ3) is 4.18. The molecule has 0 radical (unpaired) electrons. The molecule has 188 valence electrons. The van der Waals surface area contributed by atoms with Crippen LogP contribution in [0.1, 0.15) is 51.7 Å². The van der Waals surface area contributed by atoms with Crippen molar-refractivity contribution in [2.24, 2.45) is 5.41 Å². The van der Waals surface area contributed by atoms with Gasteiger partial charge >= 0.3 is 0 Å². The van der Waals surface area contributed by atoms with Crippen molar-refractivity contribution in [1.82, 2.24) is 30.1 Å². The maximum atomic E-state index is 13.0. The predicted molar refractivity (Wildman–Crippen MR) is 132 cm³/mol. The number of aromatic nitrogens is 3. The fourth-order valence-electron chi connectivity index (χ4n) is 5.57. The molecular formula is C27H26N6O4. The van der Waals surface area contributed by atoms with E-state index in [0.29, 0.717) is 30.8 Å². The number of piperidine rings is 1. The molecule has 1 unspecified atom stereocenters. The molecule has 4 heterocycles. The molecule has 1 aromatic heterocycles. The van der Waals surface area contributed by atoms with Crippen LogP contribution in [0.15, 0.2) is 54.7 Å². The first kappa shape index (κ1) is 23.1. The fraction of sp³-hybridized carbons (Fsp3) is 0.333. The summed E-state index contributed by atoms with van der Waals surface area (Å²) in [6.07, 6.45) is 3.03. The van der Waals surface area contributed by atoms with Gasteiger partial charge in [-0.2, -0.15) is 0 Å². The summed E-state index contributed by atoms with van der Waals surface area (Å²) in [6, 6.07) is 14.9. The minimum atomic E-state index is -0.666. The van der Waals surface area contributed by atoms with E-state index in [9.17, 15) is 19.2 Å². The van der Waals surface area contributed by atoms with Crippen LogP contribution in [0.2, 0.25) is 0 Å². The summed E-state index contributed by atoms with van der Waals surface area (Å²) in [5.41, 5.74) is 3.50. The number of fused-ring (bicyclic) bond motifs is 1. The number of amides is 4. The van der Waals surface area contributed by atoms with Gasteiger partial charge in [-0.25, -0.2) is 4.68 Å². The number of hydrogen-bond acceptors (Lipinski definition) is 6. The lowest BCUT2D eigenvalue weighted by Crippen LogP contribution is -2.58. The van der Waals surface area contributed by atoms with Gasteiger partial charge in [0, 0.05) is 37.0 Å². The molecule has 1 atom stereocenters. The van der Waals surface area contributed by atoms with E-state index in [1.54, 1.807) is 23.2 Å². The molecule has 0 bridgehead atoms. The average Bonchev–Trinajstić information content (AvgIpc) is 3.48. The lowest BCUT2D eigenvalue weighted by Gasteiger charge is -2.48. The summed E-state index contributed by atoms with van der Waals surface area (Å²) in [6.45, 7) is 3.77. The van der Waals surface area contributed by atoms with E-state index < -0.39 is 11.9 Å². The molecule has 2 fully saturated rings. The topological polar surface area (TPSA) is 118 Å². The normalized spacial score (nSPS) is 20.5. The van der Waals surface area contributed by atoms with Crippen LogP contribution in [0, 0.1) is 5.41 Å². The van der Waals surface area contributed by atoms with Gasteiger partial charge in [0.05, 0.1) is 11.9 Å². The van der Waals surface area contributed by atoms with E-state index in [1.807, 2.05) is 24.3 Å². The maximum absolute atomic E-state index is 13.0. The van der Waals surface area contributed by atoms with Crippen LogP contribution in [0.4, 0.5) is 0 Å². The summed E-state index contributed by atoms with van der Waals surface area (Å²) in [7, 11) is 0. The van der Waals surface area contributed by atoms with Gasteiger partial charge in [-0.05, 0) is 42.2 Å². The van der Waals surface area contributed by atoms with Crippen molar-refractivity contribution in [1.29, 1.82) is 0 Å². The molecule has 6 rings (SSSR count). The molecule has 2 saturated heterocycles. The summed E-state index contributed by atoms with van der Waals surface area (Å²) in [4.78, 5) is 53.0. The number of imide groups is 1. The number of hydrogen-bond donors (Lipinski definition) is 1. The van der Waals surface area contributed by atoms with Crippen LogP contribution in [0.3, 0.4) is 0 Å². The van der Waals surface area contributed by atoms with Crippen molar-refractivity contribution < 1.29 is 19.2 Å². The average molecular weight is 499 g/mol. The van der Waals surface area contributed by atoms with Gasteiger partial charge in [0.1, 0.15) is 6.04 Å². The molecule has 3 aromatic rings. The second kappa shape index (κ2) is 8.65. The smallest absolute Gasteiger partial charge is 0.276 e. The zero-order chi connectivity index (χ0) is 25.7. The van der Waals surface area contributed by atoms with Crippen molar-refractivity contribution in [2.75, 3.05) is 13.1 Å². The van der Waals surface area contributed by atoms with E-state index in [-0.39, 0.29) is 41.8 Å². The van der Waals surface area contributed by atoms with E-state index in [0.717, 1.165) is 12.0 Å². The molecule has 0 saturated carbocycles. The lowest BCUT2D eigenvalue weighted by atomic mass is 9.76. The molecule has 10 heteroatoms. The van der Waals surface area contributed by atoms with Crippen LogP contribution in [-0.2, 0) is 22.6 Å². The van der Waals surface area contributed by atoms with Gasteiger partial charge in [-0.3, -0.25) is 24.5 Å². The van der Waals surface area contributed by atoms with Gasteiger partial charge in [0.25, 0.3) is 11.8 Å². The summed E-state index contributed by atoms with van der Waals surface area (Å²) in [5, 5.41) is 10.6. The minimum absolute atomic E-state index is 0.0356. The Bertz CT molecular complexity index is 1430. The first-order valence-electron chi connectivity index (χ1n) is 12.3. The van der Waals surface area contributed by atoms with Crippen LogP contribution >= 0.6 is 0 Å². The molecule has 0 spiro atoms. The van der Waals surface area contributed by atoms with Gasteiger partial charge in [0.2, 0.25) is 11.8 Å². The molecule has 2 aromatic carbocycles. The lowest BCUT2D eigenvalue weighted by molar-refractivity contribution is -0.136. The van der Waals surface area contributed by atoms with Crippen molar-refractivity contribution in [3.63, 3.8) is 0 Å². The number of nitrogens with one attached hydrogen (secondary N) is 1. The number of carbonyl (C=O) groups is 4. The Hall–Kier alpha value is -4.34. The first-order valence-corrected chi connectivity index (χ1v) is 12.3. The number of carbonyl (C=O) groups excluding carboxylic acids is 4. The molecule has 10 nitrogen and oxygen atoms in total. The highest BCUT2D eigenvalue weighted by Gasteiger charge is 2.42. The third-order valence-corrected chi connectivity index (χ3v) is 7.39. The second-order valence-electron chi connectivity index (χ2n) is 10.4. The van der Waals surface area contributed by atoms with Crippen LogP contribution in [0.5, 0.6) is 0 Å². The quantitative estimate of drug-likeness (QED) is 0.536.